The Morgan fingerprint density at radius 2 is 1.44 bits per heavy atom. The summed E-state index contributed by atoms with van der Waals surface area (Å²) in [5, 5.41) is 14.7. The molecule has 3 aromatic rings. The number of amidine groups is 1. The molecule has 0 bridgehead atoms. The van der Waals surface area contributed by atoms with Gasteiger partial charge in [-0.2, -0.15) is 0 Å². The van der Waals surface area contributed by atoms with E-state index in [1.807, 2.05) is 64.1 Å². The number of sulfonamides is 1. The van der Waals surface area contributed by atoms with E-state index in [4.69, 9.17) is 4.74 Å². The van der Waals surface area contributed by atoms with Gasteiger partial charge in [-0.25, -0.2) is 23.2 Å². The summed E-state index contributed by atoms with van der Waals surface area (Å²) in [7, 11) is -3.97. The number of carboxylic acids is 1. The molecule has 0 spiro atoms. The predicted molar refractivity (Wildman–Crippen MR) is 224 cm³/mol. The lowest BCUT2D eigenvalue weighted by Gasteiger charge is -2.22. The molecule has 3 rings (SSSR count). The zero-order chi connectivity index (χ0) is 42.2. The lowest BCUT2D eigenvalue weighted by Crippen LogP contribution is -2.53. The van der Waals surface area contributed by atoms with Gasteiger partial charge in [-0.1, -0.05) is 102 Å². The molecule has 4 N–H and O–H groups in total. The van der Waals surface area contributed by atoms with E-state index in [0.717, 1.165) is 41.5 Å². The molecule has 0 aromatic heterocycles. The van der Waals surface area contributed by atoms with Gasteiger partial charge < -0.3 is 20.5 Å². The van der Waals surface area contributed by atoms with Gasteiger partial charge in [0, 0.05) is 23.7 Å². The fourth-order valence-corrected chi connectivity index (χ4v) is 6.15. The van der Waals surface area contributed by atoms with Crippen LogP contribution in [0, 0.1) is 0 Å². The number of nitrogens with one attached hydrogen (secondary N) is 3. The molecule has 0 aliphatic rings. The van der Waals surface area contributed by atoms with Crippen LogP contribution in [-0.2, 0) is 36.2 Å². The highest BCUT2D eigenvalue weighted by molar-refractivity contribution is 7.89. The third kappa shape index (κ3) is 15.8. The molecule has 13 nitrogen and oxygen atoms in total. The SMILES string of the molecule is C=N/C(=N\C=C(/C)c1ccc(OCCCCCCC)cc1)c1ccc(C[C@H](NC(=O)c2ccc(C(C)(C)C)cc2)C(=O)N[C@@H](CC(=O)NS(C)(=O)=O)C(=O)O)cc1. The van der Waals surface area contributed by atoms with E-state index in [0.29, 0.717) is 23.6 Å². The van der Waals surface area contributed by atoms with Crippen LogP contribution in [-0.4, -0.2) is 74.7 Å². The molecule has 0 aliphatic carbocycles. The Hall–Kier alpha value is -5.63. The molecule has 3 amide bonds. The first-order chi connectivity index (χ1) is 26.9. The van der Waals surface area contributed by atoms with Crippen LogP contribution in [0.1, 0.15) is 106 Å². The topological polar surface area (TPSA) is 193 Å². The predicted octanol–water partition coefficient (Wildman–Crippen LogP) is 6.22. The maximum atomic E-state index is 13.6. The maximum Gasteiger partial charge on any atom is 0.326 e. The van der Waals surface area contributed by atoms with E-state index in [-0.39, 0.29) is 17.4 Å². The average Bonchev–Trinajstić information content (AvgIpc) is 3.15. The summed E-state index contributed by atoms with van der Waals surface area (Å²) in [6.07, 6.45) is 7.38. The van der Waals surface area contributed by atoms with E-state index < -0.39 is 52.2 Å². The Labute approximate surface area is 336 Å². The minimum absolute atomic E-state index is 0.0641. The maximum absolute atomic E-state index is 13.6. The Kier molecular flexibility index (Phi) is 17.3. The summed E-state index contributed by atoms with van der Waals surface area (Å²) in [6.45, 7) is 14.6. The Morgan fingerprint density at radius 3 is 2.00 bits per heavy atom. The number of nitrogens with zero attached hydrogens (tertiary/aromatic N) is 2. The summed E-state index contributed by atoms with van der Waals surface area (Å²) in [6, 6.07) is 18.5. The summed E-state index contributed by atoms with van der Waals surface area (Å²) in [5.74, 6) is -3.00. The number of benzene rings is 3. The molecule has 2 atom stereocenters. The number of carbonyl (C=O) groups excluding carboxylic acids is 3. The lowest BCUT2D eigenvalue weighted by atomic mass is 9.86. The summed E-state index contributed by atoms with van der Waals surface area (Å²) in [5.41, 5.74) is 4.20. The Bertz CT molecular complexity index is 2020. The second-order valence-electron chi connectivity index (χ2n) is 14.9. The highest BCUT2D eigenvalue weighted by atomic mass is 32.2. The smallest absolute Gasteiger partial charge is 0.326 e. The van der Waals surface area contributed by atoms with Crippen molar-refractivity contribution in [3.63, 3.8) is 0 Å². The van der Waals surface area contributed by atoms with Crippen molar-refractivity contribution in [1.82, 2.24) is 15.4 Å². The van der Waals surface area contributed by atoms with E-state index in [1.54, 1.807) is 47.3 Å². The number of hydrogen-bond acceptors (Lipinski definition) is 8. The first-order valence-electron chi connectivity index (χ1n) is 18.9. The number of carbonyl (C=O) groups is 4. The van der Waals surface area contributed by atoms with Gasteiger partial charge in [0.2, 0.25) is 21.8 Å². The third-order valence-electron chi connectivity index (χ3n) is 8.95. The first-order valence-corrected chi connectivity index (χ1v) is 20.8. The number of carboxylic acid groups (broad SMARTS) is 1. The van der Waals surface area contributed by atoms with Crippen molar-refractivity contribution >= 4 is 51.8 Å². The number of allylic oxidation sites excluding steroid dienone is 1. The van der Waals surface area contributed by atoms with Crippen molar-refractivity contribution in [3.05, 3.63) is 107 Å². The van der Waals surface area contributed by atoms with Crippen molar-refractivity contribution < 1.29 is 37.4 Å². The summed E-state index contributed by atoms with van der Waals surface area (Å²) >= 11 is 0. The summed E-state index contributed by atoms with van der Waals surface area (Å²) < 4.78 is 30.6. The molecule has 14 heteroatoms. The van der Waals surface area contributed by atoms with Crippen LogP contribution in [0.5, 0.6) is 5.75 Å². The van der Waals surface area contributed by atoms with Crippen molar-refractivity contribution in [2.24, 2.45) is 9.98 Å². The standard InChI is InChI=1S/C43H55N5O8S/c1-8-9-10-11-12-25-56-35-23-19-31(20-24-35)29(2)28-45-39(44-6)32-15-13-30(14-16-32)26-36(46-40(50)33-17-21-34(22-18-33)43(3,4)5)41(51)47-37(42(52)53)27-38(49)48-57(7,54)55/h13-24,28,36-37H,6,8-12,25-27H2,1-5,7H3,(H,46,50)(H,47,51)(H,48,49)(H,52,53)/b29-28+,45-39-/t36-,37-/m0/s1. The number of hydrogen-bond donors (Lipinski definition) is 4. The third-order valence-corrected chi connectivity index (χ3v) is 9.55. The minimum atomic E-state index is -3.97. The van der Waals surface area contributed by atoms with Gasteiger partial charge in [-0.15, -0.1) is 0 Å². The fourth-order valence-electron chi connectivity index (χ4n) is 5.65. The lowest BCUT2D eigenvalue weighted by molar-refractivity contribution is -0.143. The molecule has 0 saturated carbocycles. The van der Waals surface area contributed by atoms with Crippen LogP contribution in [0.25, 0.3) is 5.57 Å². The van der Waals surface area contributed by atoms with Crippen LogP contribution in [0.2, 0.25) is 0 Å². The number of unbranched alkanes of at least 4 members (excludes halogenated alkanes) is 4. The molecule has 0 unspecified atom stereocenters. The normalized spacial score (nSPS) is 13.2. The van der Waals surface area contributed by atoms with Crippen LogP contribution >= 0.6 is 0 Å². The van der Waals surface area contributed by atoms with E-state index >= 15 is 0 Å². The number of rotatable bonds is 20. The van der Waals surface area contributed by atoms with Gasteiger partial charge in [0.15, 0.2) is 5.84 Å². The molecule has 0 saturated heterocycles. The van der Waals surface area contributed by atoms with Crippen molar-refractivity contribution in [3.8, 4) is 5.75 Å². The molecular formula is C43H55N5O8S. The molecular weight excluding hydrogens is 747 g/mol. The van der Waals surface area contributed by atoms with Gasteiger partial charge in [0.1, 0.15) is 17.8 Å². The van der Waals surface area contributed by atoms with E-state index in [9.17, 15) is 32.7 Å². The molecule has 3 aromatic carbocycles. The Morgan fingerprint density at radius 1 is 0.842 bits per heavy atom. The first kappa shape index (κ1) is 45.8. The second kappa shape index (κ2) is 21.6. The number of aliphatic imine (C=N–C) groups is 2. The highest BCUT2D eigenvalue weighted by Gasteiger charge is 2.29. The zero-order valence-corrected chi connectivity index (χ0v) is 34.4. The van der Waals surface area contributed by atoms with Gasteiger partial charge in [0.25, 0.3) is 5.91 Å². The van der Waals surface area contributed by atoms with Crippen molar-refractivity contribution in [2.75, 3.05) is 12.9 Å². The van der Waals surface area contributed by atoms with Gasteiger partial charge in [0.05, 0.1) is 19.3 Å². The number of aliphatic carboxylic acids is 1. The zero-order valence-electron chi connectivity index (χ0n) is 33.6. The molecule has 0 aliphatic heterocycles. The number of ether oxygens (including phenoxy) is 1. The molecule has 57 heavy (non-hydrogen) atoms. The molecule has 306 valence electrons. The quantitative estimate of drug-likeness (QED) is 0.0588. The monoisotopic (exact) mass is 801 g/mol. The highest BCUT2D eigenvalue weighted by Crippen LogP contribution is 2.23. The fraction of sp³-hybridized carbons (Fsp3) is 0.395. The van der Waals surface area contributed by atoms with Gasteiger partial charge >= 0.3 is 5.97 Å². The van der Waals surface area contributed by atoms with Crippen LogP contribution in [0.4, 0.5) is 0 Å². The average molecular weight is 802 g/mol. The molecule has 0 radical (unpaired) electrons. The summed E-state index contributed by atoms with van der Waals surface area (Å²) in [4.78, 5) is 59.8. The van der Waals surface area contributed by atoms with E-state index in [2.05, 4.69) is 34.3 Å². The second-order valence-corrected chi connectivity index (χ2v) is 16.6. The van der Waals surface area contributed by atoms with Gasteiger partial charge in [-0.05, 0) is 72.0 Å². The van der Waals surface area contributed by atoms with Crippen molar-refractivity contribution in [2.45, 2.75) is 97.1 Å². The molecule has 0 heterocycles. The molecule has 0 fully saturated rings. The minimum Gasteiger partial charge on any atom is -0.494 e. The van der Waals surface area contributed by atoms with Crippen LogP contribution in [0.15, 0.2) is 89.0 Å². The Balaban J connectivity index is 1.78. The number of amides is 3. The van der Waals surface area contributed by atoms with Crippen molar-refractivity contribution in [1.29, 1.82) is 0 Å². The van der Waals surface area contributed by atoms with E-state index in [1.165, 1.54) is 19.3 Å². The largest absolute Gasteiger partial charge is 0.494 e. The van der Waals surface area contributed by atoms with Crippen LogP contribution in [0.3, 0.4) is 0 Å². The van der Waals surface area contributed by atoms with Gasteiger partial charge in [-0.3, -0.25) is 19.1 Å². The van der Waals surface area contributed by atoms with Crippen LogP contribution < -0.4 is 20.1 Å².